The summed E-state index contributed by atoms with van der Waals surface area (Å²) in [5, 5.41) is 7.76. The number of rotatable bonds is 7. The largest absolute Gasteiger partial charge is 0.311 e. The lowest BCUT2D eigenvalue weighted by Gasteiger charge is -2.35. The highest BCUT2D eigenvalue weighted by Crippen LogP contribution is 2.48. The number of hydrogen-bond acceptors (Lipinski definition) is 2. The van der Waals surface area contributed by atoms with Crippen molar-refractivity contribution >= 4 is 11.7 Å². The van der Waals surface area contributed by atoms with Crippen molar-refractivity contribution in [2.75, 3.05) is 5.32 Å². The zero-order valence-corrected chi connectivity index (χ0v) is 16.7. The highest BCUT2D eigenvalue weighted by molar-refractivity contribution is 5.91. The van der Waals surface area contributed by atoms with Crippen molar-refractivity contribution in [3.63, 3.8) is 0 Å². The van der Waals surface area contributed by atoms with Gasteiger partial charge in [0.2, 0.25) is 11.8 Å². The van der Waals surface area contributed by atoms with Gasteiger partial charge in [0, 0.05) is 31.9 Å². The Morgan fingerprint density at radius 3 is 2.44 bits per heavy atom. The van der Waals surface area contributed by atoms with E-state index in [4.69, 9.17) is 0 Å². The van der Waals surface area contributed by atoms with Crippen LogP contribution in [0.5, 0.6) is 0 Å². The minimum atomic E-state index is -2.50. The molecule has 6 heteroatoms. The van der Waals surface area contributed by atoms with Crippen molar-refractivity contribution in [3.05, 3.63) is 11.3 Å². The van der Waals surface area contributed by atoms with E-state index in [9.17, 15) is 13.6 Å². The van der Waals surface area contributed by atoms with Crippen molar-refractivity contribution in [1.29, 1.82) is 0 Å². The van der Waals surface area contributed by atoms with Crippen molar-refractivity contribution in [1.82, 2.24) is 9.78 Å². The summed E-state index contributed by atoms with van der Waals surface area (Å²) in [5.74, 6) is -0.611. The van der Waals surface area contributed by atoms with E-state index in [1.54, 1.807) is 4.68 Å². The normalized spacial score (nSPS) is 23.0. The zero-order valence-electron chi connectivity index (χ0n) is 16.7. The molecule has 3 saturated carbocycles. The maximum Gasteiger partial charge on any atom is 0.248 e. The van der Waals surface area contributed by atoms with Crippen LogP contribution in [0, 0.1) is 17.3 Å². The van der Waals surface area contributed by atoms with E-state index in [2.05, 4.69) is 24.3 Å². The molecule has 1 amide bonds. The number of amides is 1. The number of nitrogens with one attached hydrogen (secondary N) is 1. The molecule has 0 aliphatic heterocycles. The predicted octanol–water partition coefficient (Wildman–Crippen LogP) is 5.04. The summed E-state index contributed by atoms with van der Waals surface area (Å²) in [4.78, 5) is 12.7. The average molecular weight is 379 g/mol. The Balaban J connectivity index is 1.50. The number of aromatic nitrogens is 2. The third-order valence-electron chi connectivity index (χ3n) is 6.89. The molecule has 0 atom stereocenters. The van der Waals surface area contributed by atoms with Gasteiger partial charge in [0.25, 0.3) is 0 Å². The summed E-state index contributed by atoms with van der Waals surface area (Å²) in [6, 6.07) is 0. The molecule has 1 aromatic rings. The molecule has 4 nitrogen and oxygen atoms in total. The van der Waals surface area contributed by atoms with E-state index >= 15 is 0 Å². The molecule has 150 valence electrons. The predicted molar refractivity (Wildman–Crippen MR) is 101 cm³/mol. The first-order valence-corrected chi connectivity index (χ1v) is 10.4. The first kappa shape index (κ1) is 18.9. The molecule has 0 spiro atoms. The molecule has 27 heavy (non-hydrogen) atoms. The van der Waals surface area contributed by atoms with Crippen molar-refractivity contribution < 1.29 is 13.6 Å². The fourth-order valence-corrected chi connectivity index (χ4v) is 4.82. The molecule has 3 fully saturated rings. The minimum Gasteiger partial charge on any atom is -0.311 e. The molecule has 1 N–H and O–H groups in total. The monoisotopic (exact) mass is 379 g/mol. The van der Waals surface area contributed by atoms with Crippen LogP contribution >= 0.6 is 0 Å². The van der Waals surface area contributed by atoms with Gasteiger partial charge in [-0.15, -0.1) is 0 Å². The third-order valence-corrected chi connectivity index (χ3v) is 6.89. The Morgan fingerprint density at radius 1 is 1.26 bits per heavy atom. The maximum absolute atomic E-state index is 13.2. The molecule has 0 aromatic carbocycles. The lowest BCUT2D eigenvalue weighted by molar-refractivity contribution is -0.118. The molecule has 0 unspecified atom stereocenters. The van der Waals surface area contributed by atoms with Crippen molar-refractivity contribution in [2.24, 2.45) is 24.3 Å². The second-order valence-electron chi connectivity index (χ2n) is 9.78. The van der Waals surface area contributed by atoms with E-state index in [1.807, 2.05) is 7.05 Å². The number of aryl methyl sites for hydroxylation is 1. The molecule has 4 rings (SSSR count). The van der Waals surface area contributed by atoms with Crippen LogP contribution in [0.2, 0.25) is 0 Å². The summed E-state index contributed by atoms with van der Waals surface area (Å²) in [7, 11) is 1.85. The molecule has 1 aromatic heterocycles. The molecular weight excluding hydrogens is 348 g/mol. The van der Waals surface area contributed by atoms with Gasteiger partial charge in [-0.25, -0.2) is 8.78 Å². The number of halogens is 2. The molecule has 3 aliphatic carbocycles. The smallest absolute Gasteiger partial charge is 0.248 e. The second-order valence-corrected chi connectivity index (χ2v) is 9.78. The van der Waals surface area contributed by atoms with E-state index in [1.165, 1.54) is 19.3 Å². The summed E-state index contributed by atoms with van der Waals surface area (Å²) >= 11 is 0. The second kappa shape index (κ2) is 6.56. The van der Waals surface area contributed by atoms with Crippen LogP contribution in [-0.2, 0) is 18.3 Å². The Kier molecular flexibility index (Phi) is 4.59. The summed E-state index contributed by atoms with van der Waals surface area (Å²) in [5.41, 5.74) is 2.05. The van der Waals surface area contributed by atoms with Gasteiger partial charge in [-0.1, -0.05) is 20.3 Å². The van der Waals surface area contributed by atoms with Crippen LogP contribution < -0.4 is 5.32 Å². The van der Waals surface area contributed by atoms with Gasteiger partial charge in [0.05, 0.1) is 5.69 Å². The zero-order chi connectivity index (χ0) is 19.4. The quantitative estimate of drug-likeness (QED) is 0.721. The van der Waals surface area contributed by atoms with Crippen LogP contribution in [0.15, 0.2) is 0 Å². The highest BCUT2D eigenvalue weighted by Gasteiger charge is 2.46. The van der Waals surface area contributed by atoms with E-state index in [-0.39, 0.29) is 30.1 Å². The van der Waals surface area contributed by atoms with Gasteiger partial charge in [0.1, 0.15) is 5.82 Å². The van der Waals surface area contributed by atoms with Gasteiger partial charge in [0.15, 0.2) is 0 Å². The Morgan fingerprint density at radius 2 is 1.93 bits per heavy atom. The van der Waals surface area contributed by atoms with E-state index in [0.717, 1.165) is 29.9 Å². The highest BCUT2D eigenvalue weighted by atomic mass is 19.3. The van der Waals surface area contributed by atoms with Crippen LogP contribution in [0.3, 0.4) is 0 Å². The fourth-order valence-electron chi connectivity index (χ4n) is 4.82. The minimum absolute atomic E-state index is 0.00563. The molecule has 1 heterocycles. The molecule has 0 bridgehead atoms. The van der Waals surface area contributed by atoms with Gasteiger partial charge in [-0.3, -0.25) is 9.48 Å². The molecule has 3 aliphatic rings. The molecular formula is C21H31F2N3O. The lowest BCUT2D eigenvalue weighted by atomic mass is 9.75. The van der Waals surface area contributed by atoms with Crippen LogP contribution in [-0.4, -0.2) is 21.6 Å². The Bertz CT molecular complexity index is 724. The topological polar surface area (TPSA) is 46.9 Å². The van der Waals surface area contributed by atoms with E-state index < -0.39 is 5.92 Å². The van der Waals surface area contributed by atoms with Crippen LogP contribution in [0.25, 0.3) is 0 Å². The summed E-state index contributed by atoms with van der Waals surface area (Å²) < 4.78 is 28.2. The maximum atomic E-state index is 13.2. The van der Waals surface area contributed by atoms with Gasteiger partial charge in [-0.2, -0.15) is 5.10 Å². The van der Waals surface area contributed by atoms with E-state index in [0.29, 0.717) is 24.7 Å². The molecule has 0 radical (unpaired) electrons. The number of anilines is 1. The first-order valence-electron chi connectivity index (χ1n) is 10.4. The van der Waals surface area contributed by atoms with Gasteiger partial charge >= 0.3 is 0 Å². The standard InChI is InChI=1S/C21H31F2N3O/c1-20(2,15-7-8-15)12-17(27)24-19-18(14-5-4-6-14)16(25-26(19)3)9-13-10-21(22,23)11-13/h13-15H,4-12H2,1-3H3,(H,24,27). The number of alkyl halides is 2. The summed E-state index contributed by atoms with van der Waals surface area (Å²) in [6.45, 7) is 4.34. The number of carbonyl (C=O) groups is 1. The Labute approximate surface area is 160 Å². The number of nitrogens with zero attached hydrogens (tertiary/aromatic N) is 2. The fraction of sp³-hybridized carbons (Fsp3) is 0.810. The lowest BCUT2D eigenvalue weighted by Crippen LogP contribution is -2.36. The first-order chi connectivity index (χ1) is 12.6. The van der Waals surface area contributed by atoms with Crippen LogP contribution in [0.4, 0.5) is 14.6 Å². The summed E-state index contributed by atoms with van der Waals surface area (Å²) in [6.07, 6.45) is 6.84. The van der Waals surface area contributed by atoms with Gasteiger partial charge < -0.3 is 5.32 Å². The Hall–Kier alpha value is -1.46. The van der Waals surface area contributed by atoms with Crippen molar-refractivity contribution in [2.45, 2.75) is 83.5 Å². The van der Waals surface area contributed by atoms with Crippen LogP contribution in [0.1, 0.15) is 82.4 Å². The number of hydrogen-bond donors (Lipinski definition) is 1. The number of carbonyl (C=O) groups excluding carboxylic acids is 1. The van der Waals surface area contributed by atoms with Crippen molar-refractivity contribution in [3.8, 4) is 0 Å². The third kappa shape index (κ3) is 3.90. The van der Waals surface area contributed by atoms with Gasteiger partial charge in [-0.05, 0) is 55.3 Å². The average Bonchev–Trinajstić information content (AvgIpc) is 3.27. The SMILES string of the molecule is Cn1nc(CC2CC(F)(F)C2)c(C2CCC2)c1NC(=O)CC(C)(C)C1CC1. The molecule has 0 saturated heterocycles.